The van der Waals surface area contributed by atoms with Crippen LogP contribution in [0, 0.1) is 0 Å². The van der Waals surface area contributed by atoms with Crippen LogP contribution in [0.1, 0.15) is 48.6 Å². The molecule has 1 heterocycles. The first-order valence-corrected chi connectivity index (χ1v) is 9.41. The van der Waals surface area contributed by atoms with Crippen LogP contribution in [-0.4, -0.2) is 37.6 Å². The molecule has 0 aliphatic heterocycles. The van der Waals surface area contributed by atoms with E-state index in [1.807, 2.05) is 68.1 Å². The summed E-state index contributed by atoms with van der Waals surface area (Å²) in [6.45, 7) is 7.43. The van der Waals surface area contributed by atoms with Gasteiger partial charge in [0.05, 0.1) is 6.04 Å². The zero-order valence-corrected chi connectivity index (χ0v) is 16.4. The fourth-order valence-electron chi connectivity index (χ4n) is 2.89. The molecule has 7 heteroatoms. The summed E-state index contributed by atoms with van der Waals surface area (Å²) < 4.78 is 7.55. The summed E-state index contributed by atoms with van der Waals surface area (Å²) in [6.07, 6.45) is 0. The SMILES string of the molecule is CCN(Cc1ccccc1)C(=O)c1cccc(OCc2nnnn2C(C)C)c1. The molecule has 0 aliphatic rings. The Bertz CT molecular complexity index is 908. The van der Waals surface area contributed by atoms with Crippen LogP contribution >= 0.6 is 0 Å². The molecule has 0 aliphatic carbocycles. The van der Waals surface area contributed by atoms with Crippen molar-refractivity contribution in [2.45, 2.75) is 40.0 Å². The van der Waals surface area contributed by atoms with E-state index in [0.29, 0.717) is 30.2 Å². The maximum Gasteiger partial charge on any atom is 0.254 e. The van der Waals surface area contributed by atoms with Crippen LogP contribution in [0.5, 0.6) is 5.75 Å². The molecule has 0 N–H and O–H groups in total. The van der Waals surface area contributed by atoms with Gasteiger partial charge in [0.1, 0.15) is 12.4 Å². The van der Waals surface area contributed by atoms with Crippen molar-refractivity contribution in [3.05, 3.63) is 71.5 Å². The highest BCUT2D eigenvalue weighted by molar-refractivity contribution is 5.94. The van der Waals surface area contributed by atoms with Gasteiger partial charge < -0.3 is 9.64 Å². The van der Waals surface area contributed by atoms with Gasteiger partial charge in [-0.25, -0.2) is 4.68 Å². The van der Waals surface area contributed by atoms with Gasteiger partial charge >= 0.3 is 0 Å². The number of benzene rings is 2. The Morgan fingerprint density at radius 2 is 1.93 bits per heavy atom. The molecule has 0 atom stereocenters. The molecule has 1 amide bonds. The Labute approximate surface area is 164 Å². The number of amides is 1. The molecule has 0 fully saturated rings. The first kappa shape index (κ1) is 19.5. The fourth-order valence-corrected chi connectivity index (χ4v) is 2.89. The van der Waals surface area contributed by atoms with E-state index >= 15 is 0 Å². The maximum atomic E-state index is 12.9. The van der Waals surface area contributed by atoms with E-state index in [4.69, 9.17) is 4.74 Å². The minimum Gasteiger partial charge on any atom is -0.486 e. The van der Waals surface area contributed by atoms with Crippen LogP contribution in [0.4, 0.5) is 0 Å². The van der Waals surface area contributed by atoms with Gasteiger partial charge in [0.15, 0.2) is 5.82 Å². The van der Waals surface area contributed by atoms with Crippen molar-refractivity contribution in [1.29, 1.82) is 0 Å². The van der Waals surface area contributed by atoms with Crippen molar-refractivity contribution < 1.29 is 9.53 Å². The van der Waals surface area contributed by atoms with Crippen molar-refractivity contribution in [3.63, 3.8) is 0 Å². The Morgan fingerprint density at radius 3 is 2.64 bits per heavy atom. The summed E-state index contributed by atoms with van der Waals surface area (Å²) in [7, 11) is 0. The van der Waals surface area contributed by atoms with Gasteiger partial charge in [-0.05, 0) is 55.0 Å². The highest BCUT2D eigenvalue weighted by atomic mass is 16.5. The Balaban J connectivity index is 1.69. The van der Waals surface area contributed by atoms with Gasteiger partial charge in [-0.15, -0.1) is 5.10 Å². The normalized spacial score (nSPS) is 10.9. The van der Waals surface area contributed by atoms with E-state index in [-0.39, 0.29) is 18.6 Å². The van der Waals surface area contributed by atoms with Crippen LogP contribution in [0.2, 0.25) is 0 Å². The van der Waals surface area contributed by atoms with E-state index in [1.165, 1.54) is 0 Å². The molecule has 0 saturated heterocycles. The first-order valence-electron chi connectivity index (χ1n) is 9.41. The van der Waals surface area contributed by atoms with E-state index in [0.717, 1.165) is 5.56 Å². The van der Waals surface area contributed by atoms with Gasteiger partial charge in [-0.3, -0.25) is 4.79 Å². The second-order valence-corrected chi connectivity index (χ2v) is 6.75. The molecule has 0 radical (unpaired) electrons. The molecule has 0 spiro atoms. The molecule has 28 heavy (non-hydrogen) atoms. The molecule has 7 nitrogen and oxygen atoms in total. The predicted octanol–water partition coefficient (Wildman–Crippen LogP) is 3.50. The summed E-state index contributed by atoms with van der Waals surface area (Å²) in [4.78, 5) is 14.8. The van der Waals surface area contributed by atoms with Crippen molar-refractivity contribution in [2.75, 3.05) is 6.54 Å². The number of rotatable bonds is 8. The average molecular weight is 379 g/mol. The van der Waals surface area contributed by atoms with Crippen LogP contribution < -0.4 is 4.74 Å². The van der Waals surface area contributed by atoms with Crippen molar-refractivity contribution in [1.82, 2.24) is 25.1 Å². The van der Waals surface area contributed by atoms with Crippen molar-refractivity contribution >= 4 is 5.91 Å². The van der Waals surface area contributed by atoms with Gasteiger partial charge in [0.25, 0.3) is 5.91 Å². The quantitative estimate of drug-likeness (QED) is 0.599. The Morgan fingerprint density at radius 1 is 1.14 bits per heavy atom. The average Bonchev–Trinajstić information content (AvgIpc) is 3.20. The molecule has 2 aromatic carbocycles. The molecular formula is C21H25N5O2. The molecular weight excluding hydrogens is 354 g/mol. The molecule has 0 bridgehead atoms. The van der Waals surface area contributed by atoms with E-state index < -0.39 is 0 Å². The summed E-state index contributed by atoms with van der Waals surface area (Å²) in [5.74, 6) is 1.23. The largest absolute Gasteiger partial charge is 0.486 e. The highest BCUT2D eigenvalue weighted by Gasteiger charge is 2.16. The molecule has 3 rings (SSSR count). The molecule has 1 aromatic heterocycles. The third-order valence-electron chi connectivity index (χ3n) is 4.38. The number of nitrogens with zero attached hydrogens (tertiary/aromatic N) is 5. The number of carbonyl (C=O) groups is 1. The lowest BCUT2D eigenvalue weighted by atomic mass is 10.1. The van der Waals surface area contributed by atoms with Gasteiger partial charge in [0, 0.05) is 18.7 Å². The van der Waals surface area contributed by atoms with E-state index in [2.05, 4.69) is 15.5 Å². The lowest BCUT2D eigenvalue weighted by Crippen LogP contribution is -2.30. The van der Waals surface area contributed by atoms with Crippen LogP contribution in [-0.2, 0) is 13.2 Å². The van der Waals surface area contributed by atoms with Crippen LogP contribution in [0.15, 0.2) is 54.6 Å². The third-order valence-corrected chi connectivity index (χ3v) is 4.38. The summed E-state index contributed by atoms with van der Waals surface area (Å²) in [6, 6.07) is 17.3. The summed E-state index contributed by atoms with van der Waals surface area (Å²) in [5, 5.41) is 11.7. The lowest BCUT2D eigenvalue weighted by Gasteiger charge is -2.21. The smallest absolute Gasteiger partial charge is 0.254 e. The highest BCUT2D eigenvalue weighted by Crippen LogP contribution is 2.18. The second-order valence-electron chi connectivity index (χ2n) is 6.75. The van der Waals surface area contributed by atoms with Crippen molar-refractivity contribution in [2.24, 2.45) is 0 Å². The summed E-state index contributed by atoms with van der Waals surface area (Å²) in [5.41, 5.74) is 1.70. The van der Waals surface area contributed by atoms with E-state index in [1.54, 1.807) is 16.8 Å². The number of tetrazole rings is 1. The maximum absolute atomic E-state index is 12.9. The topological polar surface area (TPSA) is 73.1 Å². The number of hydrogen-bond acceptors (Lipinski definition) is 5. The molecule has 0 unspecified atom stereocenters. The number of aromatic nitrogens is 4. The Kier molecular flexibility index (Phi) is 6.37. The minimum atomic E-state index is -0.0242. The summed E-state index contributed by atoms with van der Waals surface area (Å²) >= 11 is 0. The number of hydrogen-bond donors (Lipinski definition) is 0. The fraction of sp³-hybridized carbons (Fsp3) is 0.333. The zero-order chi connectivity index (χ0) is 19.9. The second kappa shape index (κ2) is 9.12. The Hall–Kier alpha value is -3.22. The molecule has 0 saturated carbocycles. The number of carbonyl (C=O) groups excluding carboxylic acids is 1. The number of ether oxygens (including phenoxy) is 1. The third kappa shape index (κ3) is 4.73. The zero-order valence-electron chi connectivity index (χ0n) is 16.4. The standard InChI is InChI=1S/C21H25N5O2/c1-4-25(14-17-9-6-5-7-10-17)21(27)18-11-8-12-19(13-18)28-15-20-22-23-24-26(20)16(2)3/h5-13,16H,4,14-15H2,1-3H3. The molecule has 146 valence electrons. The van der Waals surface area contributed by atoms with Gasteiger partial charge in [0.2, 0.25) is 0 Å². The molecule has 3 aromatic rings. The van der Waals surface area contributed by atoms with E-state index in [9.17, 15) is 4.79 Å². The van der Waals surface area contributed by atoms with Crippen LogP contribution in [0.25, 0.3) is 0 Å². The monoisotopic (exact) mass is 379 g/mol. The lowest BCUT2D eigenvalue weighted by molar-refractivity contribution is 0.0752. The minimum absolute atomic E-state index is 0.0242. The predicted molar refractivity (Wildman–Crippen MR) is 106 cm³/mol. The van der Waals surface area contributed by atoms with Gasteiger partial charge in [-0.1, -0.05) is 36.4 Å². The van der Waals surface area contributed by atoms with Crippen LogP contribution in [0.3, 0.4) is 0 Å². The van der Waals surface area contributed by atoms with Crippen molar-refractivity contribution in [3.8, 4) is 5.75 Å². The first-order chi connectivity index (χ1) is 13.6. The van der Waals surface area contributed by atoms with Gasteiger partial charge in [-0.2, -0.15) is 0 Å².